The van der Waals surface area contributed by atoms with Crippen molar-refractivity contribution in [1.82, 2.24) is 5.32 Å². The van der Waals surface area contributed by atoms with Gasteiger partial charge in [0.15, 0.2) is 6.61 Å². The Labute approximate surface area is 149 Å². The van der Waals surface area contributed by atoms with Crippen molar-refractivity contribution < 1.29 is 14.3 Å². The molecular formula is C21H25NO3. The molecule has 1 amide bonds. The predicted molar refractivity (Wildman–Crippen MR) is 98.0 cm³/mol. The molecule has 1 aliphatic rings. The van der Waals surface area contributed by atoms with Gasteiger partial charge in [-0.1, -0.05) is 30.3 Å². The lowest BCUT2D eigenvalue weighted by Gasteiger charge is -2.19. The third-order valence-electron chi connectivity index (χ3n) is 4.46. The molecule has 0 heterocycles. The van der Waals surface area contributed by atoms with E-state index in [1.54, 1.807) is 0 Å². The van der Waals surface area contributed by atoms with E-state index in [-0.39, 0.29) is 12.5 Å². The Balaban J connectivity index is 1.54. The number of nitrogens with one attached hydrogen (secondary N) is 1. The molecular weight excluding hydrogens is 314 g/mol. The molecule has 4 nitrogen and oxygen atoms in total. The van der Waals surface area contributed by atoms with Crippen molar-refractivity contribution in [2.24, 2.45) is 0 Å². The molecule has 0 fully saturated rings. The maximum Gasteiger partial charge on any atom is 0.258 e. The number of aryl methyl sites for hydroxylation is 1. The van der Waals surface area contributed by atoms with E-state index in [4.69, 9.17) is 9.47 Å². The van der Waals surface area contributed by atoms with Gasteiger partial charge in [0.25, 0.3) is 5.91 Å². The van der Waals surface area contributed by atoms with Crippen molar-refractivity contribution in [2.45, 2.75) is 39.2 Å². The average Bonchev–Trinajstić information content (AvgIpc) is 2.66. The van der Waals surface area contributed by atoms with Gasteiger partial charge in [-0.15, -0.1) is 0 Å². The lowest BCUT2D eigenvalue weighted by Crippen LogP contribution is -2.28. The number of carbonyl (C=O) groups excluding carboxylic acids is 1. The zero-order valence-electron chi connectivity index (χ0n) is 14.7. The van der Waals surface area contributed by atoms with Crippen LogP contribution in [0.4, 0.5) is 0 Å². The second kappa shape index (κ2) is 8.56. The second-order valence-corrected chi connectivity index (χ2v) is 6.21. The first-order chi connectivity index (χ1) is 12.3. The lowest BCUT2D eigenvalue weighted by molar-refractivity contribution is -0.123. The van der Waals surface area contributed by atoms with Gasteiger partial charge in [0.2, 0.25) is 0 Å². The Hall–Kier alpha value is -2.49. The maximum absolute atomic E-state index is 12.2. The van der Waals surface area contributed by atoms with Crippen molar-refractivity contribution in [1.29, 1.82) is 0 Å². The van der Waals surface area contributed by atoms with Crippen LogP contribution in [0.5, 0.6) is 11.5 Å². The van der Waals surface area contributed by atoms with Crippen molar-refractivity contribution in [2.75, 3.05) is 13.2 Å². The van der Waals surface area contributed by atoms with Gasteiger partial charge in [-0.05, 0) is 55.9 Å². The minimum absolute atomic E-state index is 0.0350. The zero-order valence-corrected chi connectivity index (χ0v) is 14.7. The standard InChI is InChI=1S/C21H25NO3/c1-2-24-19-12-6-4-9-17(19)14-22-21(23)15-25-20-13-7-10-16-8-3-5-11-18(16)20/h4,6-7,9-10,12-13H,2-3,5,8,11,14-15H2,1H3,(H,22,23). The van der Waals surface area contributed by atoms with Crippen molar-refractivity contribution >= 4 is 5.91 Å². The summed E-state index contributed by atoms with van der Waals surface area (Å²) in [6, 6.07) is 13.9. The van der Waals surface area contributed by atoms with Crippen molar-refractivity contribution in [3.63, 3.8) is 0 Å². The summed E-state index contributed by atoms with van der Waals surface area (Å²) in [6.07, 6.45) is 4.56. The smallest absolute Gasteiger partial charge is 0.258 e. The summed E-state index contributed by atoms with van der Waals surface area (Å²) in [7, 11) is 0. The molecule has 0 spiro atoms. The fraction of sp³-hybridized carbons (Fsp3) is 0.381. The van der Waals surface area contributed by atoms with E-state index in [9.17, 15) is 4.79 Å². The molecule has 132 valence electrons. The van der Waals surface area contributed by atoms with Crippen LogP contribution in [0.3, 0.4) is 0 Å². The molecule has 1 N–H and O–H groups in total. The van der Waals surface area contributed by atoms with E-state index < -0.39 is 0 Å². The first-order valence-corrected chi connectivity index (χ1v) is 8.99. The maximum atomic E-state index is 12.2. The van der Waals surface area contributed by atoms with Gasteiger partial charge in [-0.2, -0.15) is 0 Å². The van der Waals surface area contributed by atoms with Crippen LogP contribution in [0.15, 0.2) is 42.5 Å². The second-order valence-electron chi connectivity index (χ2n) is 6.21. The van der Waals surface area contributed by atoms with E-state index in [2.05, 4.69) is 11.4 Å². The Morgan fingerprint density at radius 2 is 1.80 bits per heavy atom. The van der Waals surface area contributed by atoms with Gasteiger partial charge >= 0.3 is 0 Å². The van der Waals surface area contributed by atoms with Gasteiger partial charge in [0, 0.05) is 12.1 Å². The summed E-state index contributed by atoms with van der Waals surface area (Å²) in [5, 5.41) is 2.90. The van der Waals surface area contributed by atoms with Crippen LogP contribution in [-0.4, -0.2) is 19.1 Å². The summed E-state index contributed by atoms with van der Waals surface area (Å²) in [5.41, 5.74) is 3.59. The first-order valence-electron chi connectivity index (χ1n) is 8.99. The van der Waals surface area contributed by atoms with E-state index in [0.29, 0.717) is 13.2 Å². The summed E-state index contributed by atoms with van der Waals surface area (Å²) >= 11 is 0. The molecule has 3 rings (SSSR count). The van der Waals surface area contributed by atoms with Crippen LogP contribution >= 0.6 is 0 Å². The van der Waals surface area contributed by atoms with Crippen molar-refractivity contribution in [3.05, 3.63) is 59.2 Å². The highest BCUT2D eigenvalue weighted by atomic mass is 16.5. The highest BCUT2D eigenvalue weighted by molar-refractivity contribution is 5.77. The molecule has 4 heteroatoms. The average molecular weight is 339 g/mol. The number of rotatable bonds is 7. The number of ether oxygens (including phenoxy) is 2. The highest BCUT2D eigenvalue weighted by Gasteiger charge is 2.14. The Morgan fingerprint density at radius 3 is 2.68 bits per heavy atom. The van der Waals surface area contributed by atoms with Crippen LogP contribution in [-0.2, 0) is 24.2 Å². The molecule has 0 unspecified atom stereocenters. The molecule has 0 saturated heterocycles. The Kier molecular flexibility index (Phi) is 5.94. The zero-order chi connectivity index (χ0) is 17.5. The molecule has 25 heavy (non-hydrogen) atoms. The largest absolute Gasteiger partial charge is 0.494 e. The molecule has 0 aromatic heterocycles. The van der Waals surface area contributed by atoms with Crippen LogP contribution < -0.4 is 14.8 Å². The van der Waals surface area contributed by atoms with Crippen LogP contribution in [0, 0.1) is 0 Å². The van der Waals surface area contributed by atoms with Gasteiger partial charge in [0.1, 0.15) is 11.5 Å². The lowest BCUT2D eigenvalue weighted by atomic mass is 9.91. The normalized spacial score (nSPS) is 13.0. The van der Waals surface area contributed by atoms with E-state index in [0.717, 1.165) is 29.9 Å². The van der Waals surface area contributed by atoms with E-state index in [1.807, 2.05) is 43.3 Å². The van der Waals surface area contributed by atoms with Crippen LogP contribution in [0.1, 0.15) is 36.5 Å². The van der Waals surface area contributed by atoms with Gasteiger partial charge in [-0.25, -0.2) is 0 Å². The summed E-state index contributed by atoms with van der Waals surface area (Å²) in [4.78, 5) is 12.2. The first kappa shape index (κ1) is 17.3. The molecule has 0 saturated carbocycles. The predicted octanol–water partition coefficient (Wildman–Crippen LogP) is 3.66. The number of benzene rings is 2. The van der Waals surface area contributed by atoms with Gasteiger partial charge in [-0.3, -0.25) is 4.79 Å². The number of carbonyl (C=O) groups is 1. The fourth-order valence-electron chi connectivity index (χ4n) is 3.22. The number of hydrogen-bond donors (Lipinski definition) is 1. The molecule has 0 bridgehead atoms. The van der Waals surface area contributed by atoms with E-state index in [1.165, 1.54) is 24.0 Å². The molecule has 2 aromatic rings. The highest BCUT2D eigenvalue weighted by Crippen LogP contribution is 2.29. The van der Waals surface area contributed by atoms with Gasteiger partial charge in [0.05, 0.1) is 6.61 Å². The van der Waals surface area contributed by atoms with Crippen LogP contribution in [0.25, 0.3) is 0 Å². The molecule has 0 aliphatic heterocycles. The number of hydrogen-bond acceptors (Lipinski definition) is 3. The topological polar surface area (TPSA) is 47.6 Å². The number of para-hydroxylation sites is 1. The summed E-state index contributed by atoms with van der Waals surface area (Å²) in [6.45, 7) is 3.02. The SMILES string of the molecule is CCOc1ccccc1CNC(=O)COc1cccc2c1CCCC2. The Morgan fingerprint density at radius 1 is 1.00 bits per heavy atom. The third kappa shape index (κ3) is 4.53. The third-order valence-corrected chi connectivity index (χ3v) is 4.46. The quantitative estimate of drug-likeness (QED) is 0.837. The van der Waals surface area contributed by atoms with Gasteiger partial charge < -0.3 is 14.8 Å². The number of fused-ring (bicyclic) bond motifs is 1. The number of amides is 1. The molecule has 1 aliphatic carbocycles. The monoisotopic (exact) mass is 339 g/mol. The summed E-state index contributed by atoms with van der Waals surface area (Å²) in [5.74, 6) is 1.53. The van der Waals surface area contributed by atoms with E-state index >= 15 is 0 Å². The Bertz CT molecular complexity index is 727. The molecule has 2 aromatic carbocycles. The molecule has 0 atom stereocenters. The molecule has 0 radical (unpaired) electrons. The minimum atomic E-state index is -0.125. The minimum Gasteiger partial charge on any atom is -0.494 e. The summed E-state index contributed by atoms with van der Waals surface area (Å²) < 4.78 is 11.4. The van der Waals surface area contributed by atoms with Crippen LogP contribution in [0.2, 0.25) is 0 Å². The fourth-order valence-corrected chi connectivity index (χ4v) is 3.22. The van der Waals surface area contributed by atoms with Crippen molar-refractivity contribution in [3.8, 4) is 11.5 Å².